The van der Waals surface area contributed by atoms with Crippen LogP contribution in [0.5, 0.6) is 0 Å². The first-order valence-corrected chi connectivity index (χ1v) is 9.61. The van der Waals surface area contributed by atoms with Crippen molar-refractivity contribution in [3.63, 3.8) is 0 Å². The van der Waals surface area contributed by atoms with E-state index in [0.29, 0.717) is 12.5 Å². The lowest BCUT2D eigenvalue weighted by atomic mass is 9.97. The van der Waals surface area contributed by atoms with Gasteiger partial charge in [0.25, 0.3) is 0 Å². The van der Waals surface area contributed by atoms with Crippen molar-refractivity contribution >= 4 is 17.7 Å². The van der Waals surface area contributed by atoms with E-state index >= 15 is 0 Å². The summed E-state index contributed by atoms with van der Waals surface area (Å²) in [5.41, 5.74) is 0. The van der Waals surface area contributed by atoms with Gasteiger partial charge in [0.1, 0.15) is 5.82 Å². The van der Waals surface area contributed by atoms with Gasteiger partial charge in [0.15, 0.2) is 5.16 Å². The van der Waals surface area contributed by atoms with Crippen molar-refractivity contribution in [3.8, 4) is 0 Å². The minimum absolute atomic E-state index is 0.232. The quantitative estimate of drug-likeness (QED) is 0.711. The Bertz CT molecular complexity index is 515. The Morgan fingerprint density at radius 3 is 2.70 bits per heavy atom. The topological polar surface area (TPSA) is 54.3 Å². The molecular formula is C16H29N5OS. The molecule has 0 bridgehead atoms. The normalized spacial score (nSPS) is 19.0. The predicted octanol–water partition coefficient (Wildman–Crippen LogP) is 1.97. The molecule has 2 heterocycles. The van der Waals surface area contributed by atoms with E-state index in [1.54, 1.807) is 11.8 Å². The van der Waals surface area contributed by atoms with Gasteiger partial charge in [0, 0.05) is 32.6 Å². The summed E-state index contributed by atoms with van der Waals surface area (Å²) in [6, 6.07) is 0. The average molecular weight is 340 g/mol. The van der Waals surface area contributed by atoms with Crippen LogP contribution in [0.1, 0.15) is 45.4 Å². The number of aromatic nitrogens is 3. The fourth-order valence-corrected chi connectivity index (χ4v) is 3.86. The van der Waals surface area contributed by atoms with Gasteiger partial charge in [-0.3, -0.25) is 9.69 Å². The number of thioether (sulfide) groups is 1. The predicted molar refractivity (Wildman–Crippen MR) is 93.7 cm³/mol. The van der Waals surface area contributed by atoms with Crippen LogP contribution in [-0.4, -0.2) is 68.9 Å². The summed E-state index contributed by atoms with van der Waals surface area (Å²) in [4.78, 5) is 16.5. The number of hydrogen-bond donors (Lipinski definition) is 0. The van der Waals surface area contributed by atoms with Gasteiger partial charge in [-0.05, 0) is 39.0 Å². The number of rotatable bonds is 7. The molecule has 1 amide bonds. The summed E-state index contributed by atoms with van der Waals surface area (Å²) in [6.07, 6.45) is 2.23. The second-order valence-corrected chi connectivity index (χ2v) is 7.20. The first-order valence-electron chi connectivity index (χ1n) is 8.62. The van der Waals surface area contributed by atoms with Gasteiger partial charge in [-0.2, -0.15) is 0 Å². The molecule has 1 aliphatic rings. The van der Waals surface area contributed by atoms with E-state index in [1.807, 2.05) is 25.8 Å². The smallest absolute Gasteiger partial charge is 0.236 e. The van der Waals surface area contributed by atoms with E-state index in [1.165, 1.54) is 0 Å². The third-order valence-corrected chi connectivity index (χ3v) is 5.39. The van der Waals surface area contributed by atoms with Crippen LogP contribution in [0.4, 0.5) is 0 Å². The SMILES string of the molecule is CCSc1nnc(C2CCCN(CC(=O)N(CC)CC)C2)n1C. The molecule has 0 N–H and O–H groups in total. The number of likely N-dealkylation sites (tertiary alicyclic amines) is 1. The van der Waals surface area contributed by atoms with Gasteiger partial charge in [0.05, 0.1) is 6.54 Å². The molecule has 1 aromatic rings. The first-order chi connectivity index (χ1) is 11.1. The highest BCUT2D eigenvalue weighted by molar-refractivity contribution is 7.99. The van der Waals surface area contributed by atoms with Crippen LogP contribution in [0.3, 0.4) is 0 Å². The maximum atomic E-state index is 12.3. The Kier molecular flexibility index (Phi) is 6.89. The van der Waals surface area contributed by atoms with Crippen LogP contribution < -0.4 is 0 Å². The van der Waals surface area contributed by atoms with Gasteiger partial charge >= 0.3 is 0 Å². The minimum Gasteiger partial charge on any atom is -0.342 e. The monoisotopic (exact) mass is 339 g/mol. The number of carbonyl (C=O) groups is 1. The van der Waals surface area contributed by atoms with Crippen molar-refractivity contribution in [2.45, 2.75) is 44.7 Å². The van der Waals surface area contributed by atoms with Gasteiger partial charge in [0.2, 0.25) is 5.91 Å². The molecule has 0 aromatic carbocycles. The third kappa shape index (κ3) is 4.47. The van der Waals surface area contributed by atoms with Crippen molar-refractivity contribution < 1.29 is 4.79 Å². The molecule has 1 aromatic heterocycles. The largest absolute Gasteiger partial charge is 0.342 e. The highest BCUT2D eigenvalue weighted by Gasteiger charge is 2.27. The molecule has 6 nitrogen and oxygen atoms in total. The van der Waals surface area contributed by atoms with E-state index in [4.69, 9.17) is 0 Å². The molecular weight excluding hydrogens is 310 g/mol. The number of hydrogen-bond acceptors (Lipinski definition) is 5. The molecule has 23 heavy (non-hydrogen) atoms. The van der Waals surface area contributed by atoms with Crippen molar-refractivity contribution in [2.75, 3.05) is 38.5 Å². The van der Waals surface area contributed by atoms with E-state index in [2.05, 4.69) is 26.6 Å². The van der Waals surface area contributed by atoms with Crippen LogP contribution in [-0.2, 0) is 11.8 Å². The van der Waals surface area contributed by atoms with E-state index < -0.39 is 0 Å². The molecule has 1 atom stereocenters. The molecule has 130 valence electrons. The lowest BCUT2D eigenvalue weighted by Gasteiger charge is -2.33. The highest BCUT2D eigenvalue weighted by Crippen LogP contribution is 2.27. The molecule has 0 aliphatic carbocycles. The first kappa shape index (κ1) is 18.3. The minimum atomic E-state index is 0.232. The van der Waals surface area contributed by atoms with Crippen LogP contribution in [0.15, 0.2) is 5.16 Å². The standard InChI is InChI=1S/C16H29N5OS/c1-5-21(6-2)14(22)12-20-10-8-9-13(11-20)15-17-18-16(19(15)4)23-7-3/h13H,5-12H2,1-4H3. The molecule has 7 heteroatoms. The fourth-order valence-electron chi connectivity index (χ4n) is 3.21. The second kappa shape index (κ2) is 8.68. The maximum absolute atomic E-state index is 12.3. The maximum Gasteiger partial charge on any atom is 0.236 e. The Labute approximate surface area is 143 Å². The van der Waals surface area contributed by atoms with E-state index in [-0.39, 0.29) is 5.91 Å². The molecule has 0 saturated carbocycles. The van der Waals surface area contributed by atoms with Crippen molar-refractivity contribution in [1.29, 1.82) is 0 Å². The average Bonchev–Trinajstić information content (AvgIpc) is 2.90. The van der Waals surface area contributed by atoms with Gasteiger partial charge in [-0.25, -0.2) is 0 Å². The number of carbonyl (C=O) groups excluding carboxylic acids is 1. The zero-order valence-corrected chi connectivity index (χ0v) is 15.6. The molecule has 1 saturated heterocycles. The van der Waals surface area contributed by atoms with E-state index in [0.717, 1.165) is 55.8 Å². The Morgan fingerprint density at radius 1 is 1.30 bits per heavy atom. The van der Waals surface area contributed by atoms with Gasteiger partial charge < -0.3 is 9.47 Å². The zero-order valence-electron chi connectivity index (χ0n) is 14.8. The van der Waals surface area contributed by atoms with Crippen LogP contribution in [0.25, 0.3) is 0 Å². The molecule has 1 unspecified atom stereocenters. The van der Waals surface area contributed by atoms with E-state index in [9.17, 15) is 4.79 Å². The Morgan fingerprint density at radius 2 is 2.04 bits per heavy atom. The molecule has 0 spiro atoms. The van der Waals surface area contributed by atoms with Crippen molar-refractivity contribution in [1.82, 2.24) is 24.6 Å². The zero-order chi connectivity index (χ0) is 16.8. The number of nitrogens with zero attached hydrogens (tertiary/aromatic N) is 5. The molecule has 1 aliphatic heterocycles. The van der Waals surface area contributed by atoms with Crippen LogP contribution >= 0.6 is 11.8 Å². The van der Waals surface area contributed by atoms with Crippen molar-refractivity contribution in [3.05, 3.63) is 5.82 Å². The number of piperidine rings is 1. The summed E-state index contributed by atoms with van der Waals surface area (Å²) in [5, 5.41) is 9.70. The summed E-state index contributed by atoms with van der Waals surface area (Å²) in [7, 11) is 2.05. The van der Waals surface area contributed by atoms with Crippen LogP contribution in [0, 0.1) is 0 Å². The highest BCUT2D eigenvalue weighted by atomic mass is 32.2. The number of likely N-dealkylation sites (N-methyl/N-ethyl adjacent to an activating group) is 1. The molecule has 2 rings (SSSR count). The Balaban J connectivity index is 1.99. The Hall–Kier alpha value is -1.08. The molecule has 0 radical (unpaired) electrons. The fraction of sp³-hybridized carbons (Fsp3) is 0.812. The summed E-state index contributed by atoms with van der Waals surface area (Å²) >= 11 is 1.72. The van der Waals surface area contributed by atoms with Crippen molar-refractivity contribution in [2.24, 2.45) is 7.05 Å². The lowest BCUT2D eigenvalue weighted by Crippen LogP contribution is -2.44. The summed E-state index contributed by atoms with van der Waals surface area (Å²) < 4.78 is 2.12. The van der Waals surface area contributed by atoms with Gasteiger partial charge in [-0.15, -0.1) is 10.2 Å². The van der Waals surface area contributed by atoms with Gasteiger partial charge in [-0.1, -0.05) is 18.7 Å². The lowest BCUT2D eigenvalue weighted by molar-refractivity contribution is -0.132. The summed E-state index contributed by atoms with van der Waals surface area (Å²) in [5.74, 6) is 2.66. The molecule has 1 fully saturated rings. The number of amides is 1. The van der Waals surface area contributed by atoms with Crippen LogP contribution in [0.2, 0.25) is 0 Å². The second-order valence-electron chi connectivity index (χ2n) is 5.97. The third-order valence-electron chi connectivity index (χ3n) is 4.49. The summed E-state index contributed by atoms with van der Waals surface area (Å²) in [6.45, 7) is 10.2.